The molecule has 144 valence electrons. The van der Waals surface area contributed by atoms with E-state index in [-0.39, 0.29) is 11.8 Å². The van der Waals surface area contributed by atoms with Crippen molar-refractivity contribution in [3.63, 3.8) is 0 Å². The van der Waals surface area contributed by atoms with Crippen molar-refractivity contribution in [1.29, 1.82) is 0 Å². The summed E-state index contributed by atoms with van der Waals surface area (Å²) >= 11 is 1.03. The lowest BCUT2D eigenvalue weighted by Gasteiger charge is -2.14. The van der Waals surface area contributed by atoms with Gasteiger partial charge in [0.25, 0.3) is 5.91 Å². The first-order valence-electron chi connectivity index (χ1n) is 8.71. The molecule has 2 unspecified atom stereocenters. The molecule has 1 aliphatic heterocycles. The van der Waals surface area contributed by atoms with Crippen LogP contribution >= 0.6 is 11.7 Å². The summed E-state index contributed by atoms with van der Waals surface area (Å²) in [7, 11) is 0. The number of anilines is 1. The van der Waals surface area contributed by atoms with E-state index in [9.17, 15) is 19.2 Å². The molecule has 0 radical (unpaired) electrons. The summed E-state index contributed by atoms with van der Waals surface area (Å²) in [5.74, 6) is -2.88. The average molecular weight is 400 g/mol. The van der Waals surface area contributed by atoms with Crippen LogP contribution in [0.15, 0.2) is 30.4 Å². The van der Waals surface area contributed by atoms with Gasteiger partial charge in [-0.25, -0.2) is 0 Å². The van der Waals surface area contributed by atoms with E-state index in [0.717, 1.165) is 16.6 Å². The molecule has 0 bridgehead atoms. The monoisotopic (exact) mass is 400 g/mol. The van der Waals surface area contributed by atoms with Crippen molar-refractivity contribution in [1.82, 2.24) is 13.6 Å². The van der Waals surface area contributed by atoms with Gasteiger partial charge in [-0.3, -0.25) is 24.1 Å². The Balaban J connectivity index is 1.31. The molecule has 2 aliphatic rings. The topological polar surface area (TPSA) is 119 Å². The van der Waals surface area contributed by atoms with Crippen LogP contribution in [0.5, 0.6) is 0 Å². The number of rotatable bonds is 5. The Kier molecular flexibility index (Phi) is 4.86. The Morgan fingerprint density at radius 1 is 1.14 bits per heavy atom. The first-order chi connectivity index (χ1) is 13.5. The Bertz CT molecular complexity index is 975. The average Bonchev–Trinajstić information content (AvgIpc) is 3.27. The molecule has 1 aromatic heterocycles. The number of allylic oxidation sites excluding steroid dienone is 2. The van der Waals surface area contributed by atoms with Crippen LogP contribution in [0.25, 0.3) is 11.0 Å². The van der Waals surface area contributed by atoms with Gasteiger partial charge in [-0.15, -0.1) is 0 Å². The van der Waals surface area contributed by atoms with Crippen molar-refractivity contribution in [2.75, 3.05) is 18.5 Å². The zero-order valence-electron chi connectivity index (χ0n) is 14.7. The summed E-state index contributed by atoms with van der Waals surface area (Å²) in [5.41, 5.74) is 1.67. The minimum atomic E-state index is -0.808. The van der Waals surface area contributed by atoms with Crippen LogP contribution in [0.1, 0.15) is 12.8 Å². The molecule has 0 spiro atoms. The highest BCUT2D eigenvalue weighted by Crippen LogP contribution is 2.34. The highest BCUT2D eigenvalue weighted by Gasteiger charge is 2.47. The predicted octanol–water partition coefficient (Wildman–Crippen LogP) is 1.12. The molecular formula is C18H16N4O5S. The first-order valence-corrected chi connectivity index (χ1v) is 9.44. The first kappa shape index (κ1) is 18.2. The van der Waals surface area contributed by atoms with E-state index in [0.29, 0.717) is 29.6 Å². The van der Waals surface area contributed by atoms with Crippen molar-refractivity contribution in [2.45, 2.75) is 12.8 Å². The lowest BCUT2D eigenvalue weighted by atomic mass is 9.85. The third kappa shape index (κ3) is 3.38. The van der Waals surface area contributed by atoms with Crippen molar-refractivity contribution >= 4 is 52.1 Å². The number of nitrogens with zero attached hydrogens (tertiary/aromatic N) is 3. The van der Waals surface area contributed by atoms with Crippen molar-refractivity contribution in [3.05, 3.63) is 30.4 Å². The van der Waals surface area contributed by atoms with Crippen molar-refractivity contribution in [2.24, 2.45) is 11.8 Å². The predicted molar refractivity (Wildman–Crippen MR) is 99.1 cm³/mol. The Morgan fingerprint density at radius 2 is 1.86 bits per heavy atom. The van der Waals surface area contributed by atoms with Gasteiger partial charge in [-0.1, -0.05) is 18.2 Å². The SMILES string of the molecule is O=C(COC(=O)CN1C(=O)C2CC=CCC2C1=O)Nc1cccc2nsnc12. The zero-order valence-corrected chi connectivity index (χ0v) is 15.5. The van der Waals surface area contributed by atoms with Crippen LogP contribution in [-0.2, 0) is 23.9 Å². The number of carbonyl (C=O) groups excluding carboxylic acids is 4. The van der Waals surface area contributed by atoms with Crippen LogP contribution in [0, 0.1) is 11.8 Å². The molecule has 1 saturated heterocycles. The lowest BCUT2D eigenvalue weighted by molar-refractivity contribution is -0.154. The number of likely N-dealkylation sites (tertiary alicyclic amines) is 1. The fourth-order valence-corrected chi connectivity index (χ4v) is 3.99. The van der Waals surface area contributed by atoms with Crippen molar-refractivity contribution < 1.29 is 23.9 Å². The quantitative estimate of drug-likeness (QED) is 0.454. The van der Waals surface area contributed by atoms with Gasteiger partial charge in [0.2, 0.25) is 11.8 Å². The minimum Gasteiger partial charge on any atom is -0.454 e. The molecule has 1 N–H and O–H groups in total. The molecule has 1 fully saturated rings. The smallest absolute Gasteiger partial charge is 0.326 e. The van der Waals surface area contributed by atoms with E-state index in [1.54, 1.807) is 18.2 Å². The van der Waals surface area contributed by atoms with E-state index in [1.807, 2.05) is 12.2 Å². The number of nitrogens with one attached hydrogen (secondary N) is 1. The number of carbonyl (C=O) groups is 4. The molecule has 1 aromatic carbocycles. The summed E-state index contributed by atoms with van der Waals surface area (Å²) in [6.45, 7) is -1.01. The van der Waals surface area contributed by atoms with Crippen LogP contribution < -0.4 is 5.32 Å². The summed E-state index contributed by atoms with van der Waals surface area (Å²) < 4.78 is 13.1. The second-order valence-corrected chi connectivity index (χ2v) is 7.09. The Labute approximate surface area is 163 Å². The minimum absolute atomic E-state index is 0.358. The van der Waals surface area contributed by atoms with Gasteiger partial charge in [0.05, 0.1) is 29.3 Å². The normalized spacial score (nSPS) is 21.1. The molecule has 2 heterocycles. The number of hydrogen-bond acceptors (Lipinski definition) is 8. The maximum Gasteiger partial charge on any atom is 0.326 e. The van der Waals surface area contributed by atoms with Gasteiger partial charge >= 0.3 is 5.97 Å². The number of aromatic nitrogens is 2. The summed E-state index contributed by atoms with van der Waals surface area (Å²) in [6, 6.07) is 5.16. The molecule has 28 heavy (non-hydrogen) atoms. The van der Waals surface area contributed by atoms with Gasteiger partial charge in [0, 0.05) is 0 Å². The highest BCUT2D eigenvalue weighted by molar-refractivity contribution is 7.00. The third-order valence-electron chi connectivity index (χ3n) is 4.81. The highest BCUT2D eigenvalue weighted by atomic mass is 32.1. The largest absolute Gasteiger partial charge is 0.454 e. The third-order valence-corrected chi connectivity index (χ3v) is 5.35. The van der Waals surface area contributed by atoms with Gasteiger partial charge in [-0.05, 0) is 25.0 Å². The maximum atomic E-state index is 12.3. The zero-order chi connectivity index (χ0) is 19.7. The molecule has 3 amide bonds. The lowest BCUT2D eigenvalue weighted by Crippen LogP contribution is -2.37. The van der Waals surface area contributed by atoms with Gasteiger partial charge < -0.3 is 10.1 Å². The van der Waals surface area contributed by atoms with E-state index < -0.39 is 36.9 Å². The number of benzene rings is 1. The summed E-state index contributed by atoms with van der Waals surface area (Å²) in [6.07, 6.45) is 4.74. The molecule has 1 aliphatic carbocycles. The van der Waals surface area contributed by atoms with Gasteiger partial charge in [0.15, 0.2) is 6.61 Å². The van der Waals surface area contributed by atoms with Crippen LogP contribution in [-0.4, -0.2) is 50.5 Å². The fourth-order valence-electron chi connectivity index (χ4n) is 3.44. The summed E-state index contributed by atoms with van der Waals surface area (Å²) in [5, 5.41) is 2.61. The number of esters is 1. The molecule has 10 heteroatoms. The van der Waals surface area contributed by atoms with E-state index >= 15 is 0 Å². The number of amides is 3. The molecular weight excluding hydrogens is 384 g/mol. The Hall–Kier alpha value is -3.14. The molecule has 0 saturated carbocycles. The number of imide groups is 1. The van der Waals surface area contributed by atoms with Crippen LogP contribution in [0.3, 0.4) is 0 Å². The number of fused-ring (bicyclic) bond motifs is 2. The van der Waals surface area contributed by atoms with Crippen LogP contribution in [0.2, 0.25) is 0 Å². The summed E-state index contributed by atoms with van der Waals surface area (Å²) in [4.78, 5) is 49.7. The molecule has 4 rings (SSSR count). The second kappa shape index (κ2) is 7.47. The maximum absolute atomic E-state index is 12.3. The molecule has 9 nitrogen and oxygen atoms in total. The van der Waals surface area contributed by atoms with Crippen LogP contribution in [0.4, 0.5) is 5.69 Å². The number of ether oxygens (including phenoxy) is 1. The fraction of sp³-hybridized carbons (Fsp3) is 0.333. The van der Waals surface area contributed by atoms with Gasteiger partial charge in [0.1, 0.15) is 17.6 Å². The van der Waals surface area contributed by atoms with E-state index in [4.69, 9.17) is 4.74 Å². The van der Waals surface area contributed by atoms with Crippen molar-refractivity contribution in [3.8, 4) is 0 Å². The Morgan fingerprint density at radius 3 is 2.57 bits per heavy atom. The molecule has 2 atom stereocenters. The van der Waals surface area contributed by atoms with E-state index in [1.165, 1.54) is 0 Å². The second-order valence-electron chi connectivity index (χ2n) is 6.56. The number of hydrogen-bond donors (Lipinski definition) is 1. The van der Waals surface area contributed by atoms with Gasteiger partial charge in [-0.2, -0.15) is 8.75 Å². The van der Waals surface area contributed by atoms with E-state index in [2.05, 4.69) is 14.1 Å². The molecule has 2 aromatic rings. The standard InChI is InChI=1S/C18H16N4O5S/c23-14(19-12-6-3-7-13-16(12)21-28-20-13)9-27-15(24)8-22-17(25)10-4-1-2-5-11(10)18(22)26/h1-3,6-7,10-11H,4-5,8-9H2,(H,19,23).